The van der Waals surface area contributed by atoms with E-state index in [2.05, 4.69) is 25.5 Å². The van der Waals surface area contributed by atoms with E-state index in [4.69, 9.17) is 16.3 Å². The van der Waals surface area contributed by atoms with Crippen LogP contribution in [0.5, 0.6) is 0 Å². The number of nitrogens with one attached hydrogen (secondary N) is 3. The summed E-state index contributed by atoms with van der Waals surface area (Å²) in [5.41, 5.74) is 2.54. The van der Waals surface area contributed by atoms with Crippen molar-refractivity contribution in [2.75, 3.05) is 11.9 Å². The Morgan fingerprint density at radius 2 is 2.11 bits per heavy atom. The lowest BCUT2D eigenvalue weighted by molar-refractivity contribution is -0.0734. The summed E-state index contributed by atoms with van der Waals surface area (Å²) in [6, 6.07) is 10.6. The summed E-state index contributed by atoms with van der Waals surface area (Å²) in [7, 11) is 0. The number of fused-ring (bicyclic) bond motifs is 2. The number of rotatable bonds is 5. The fourth-order valence-corrected chi connectivity index (χ4v) is 3.07. The number of aliphatic hydroxyl groups is 1. The van der Waals surface area contributed by atoms with Crippen LogP contribution >= 0.6 is 11.6 Å². The third-order valence-electron chi connectivity index (χ3n) is 4.09. The van der Waals surface area contributed by atoms with Gasteiger partial charge in [-0.1, -0.05) is 17.7 Å². The van der Waals surface area contributed by atoms with Crippen LogP contribution in [0.1, 0.15) is 6.92 Å². The van der Waals surface area contributed by atoms with E-state index in [9.17, 15) is 9.90 Å². The maximum atomic E-state index is 12.0. The highest BCUT2D eigenvalue weighted by molar-refractivity contribution is 6.31. The molecule has 138 valence electrons. The number of nitrogens with zero attached hydrogens (tertiary/aromatic N) is 2. The molecule has 1 atom stereocenters. The number of hydrogen-bond acceptors (Lipinski definition) is 6. The van der Waals surface area contributed by atoms with Gasteiger partial charge in [0.15, 0.2) is 0 Å². The Morgan fingerprint density at radius 1 is 1.26 bits per heavy atom. The lowest BCUT2D eigenvalue weighted by atomic mass is 10.0. The van der Waals surface area contributed by atoms with Crippen molar-refractivity contribution >= 4 is 39.4 Å². The van der Waals surface area contributed by atoms with Crippen molar-refractivity contribution in [2.24, 2.45) is 0 Å². The van der Waals surface area contributed by atoms with E-state index in [-0.39, 0.29) is 5.56 Å². The van der Waals surface area contributed by atoms with Gasteiger partial charge in [0.2, 0.25) is 12.4 Å². The van der Waals surface area contributed by atoms with Gasteiger partial charge in [0.25, 0.3) is 5.56 Å². The molecule has 2 aromatic heterocycles. The number of aliphatic hydroxyl groups excluding tert-OH is 1. The number of benzene rings is 2. The van der Waals surface area contributed by atoms with Gasteiger partial charge in [-0.05, 0) is 37.3 Å². The smallest absolute Gasteiger partial charge is 0.272 e. The average Bonchev–Trinajstić information content (AvgIpc) is 3.03. The molecule has 0 bridgehead atoms. The van der Waals surface area contributed by atoms with Gasteiger partial charge in [0.1, 0.15) is 0 Å². The number of imidazole rings is 1. The van der Waals surface area contributed by atoms with Gasteiger partial charge in [-0.25, -0.2) is 10.1 Å². The first-order valence-electron chi connectivity index (χ1n) is 8.29. The second kappa shape index (κ2) is 6.99. The zero-order chi connectivity index (χ0) is 19.0. The van der Waals surface area contributed by atoms with E-state index in [0.717, 1.165) is 11.1 Å². The Bertz CT molecular complexity index is 1190. The first-order chi connectivity index (χ1) is 13.0. The average molecular weight is 386 g/mol. The Balaban J connectivity index is 1.79. The van der Waals surface area contributed by atoms with Gasteiger partial charge in [-0.3, -0.25) is 4.79 Å². The third-order valence-corrected chi connectivity index (χ3v) is 4.33. The normalized spacial score (nSPS) is 12.6. The molecule has 0 amide bonds. The minimum atomic E-state index is -1.15. The van der Waals surface area contributed by atoms with Gasteiger partial charge in [-0.2, -0.15) is 5.10 Å². The molecule has 0 fully saturated rings. The van der Waals surface area contributed by atoms with Crippen LogP contribution in [0.3, 0.4) is 0 Å². The van der Waals surface area contributed by atoms with Crippen LogP contribution in [0.25, 0.3) is 33.1 Å². The summed E-state index contributed by atoms with van der Waals surface area (Å²) < 4.78 is 5.03. The molecule has 4 rings (SSSR count). The molecule has 0 saturated heterocycles. The third kappa shape index (κ3) is 3.37. The molecule has 27 heavy (non-hydrogen) atoms. The molecule has 0 radical (unpaired) electrons. The molecule has 4 aromatic rings. The molecule has 0 aliphatic heterocycles. The van der Waals surface area contributed by atoms with Crippen LogP contribution in [-0.2, 0) is 4.74 Å². The fourth-order valence-electron chi connectivity index (χ4n) is 2.90. The number of ether oxygens (including phenoxy) is 1. The predicted octanol–water partition coefficient (Wildman–Crippen LogP) is 2.84. The van der Waals surface area contributed by atoms with Gasteiger partial charge in [0.05, 0.1) is 22.1 Å². The molecular formula is C18H16ClN5O3. The minimum absolute atomic E-state index is 0.275. The first kappa shape index (κ1) is 17.5. The quantitative estimate of drug-likeness (QED) is 0.392. The van der Waals surface area contributed by atoms with Crippen molar-refractivity contribution in [3.8, 4) is 11.3 Å². The largest absolute Gasteiger partial charge is 0.351 e. The molecule has 0 aliphatic carbocycles. The molecule has 0 spiro atoms. The zero-order valence-corrected chi connectivity index (χ0v) is 15.0. The van der Waals surface area contributed by atoms with Crippen molar-refractivity contribution in [2.45, 2.75) is 13.3 Å². The Hall–Kier alpha value is -2.94. The lowest BCUT2D eigenvalue weighted by Crippen LogP contribution is -2.22. The number of halogens is 1. The lowest BCUT2D eigenvalue weighted by Gasteiger charge is -2.10. The SMILES string of the molecule is CCOC(O)Nc1nc2cc(-c3n[nH]c(=O)c4ccc(Cl)cc34)ccc2[nH]1. The highest BCUT2D eigenvalue weighted by Gasteiger charge is 2.12. The van der Waals surface area contributed by atoms with Gasteiger partial charge in [0, 0.05) is 22.6 Å². The molecule has 1 unspecified atom stereocenters. The van der Waals surface area contributed by atoms with Crippen LogP contribution in [0, 0.1) is 0 Å². The van der Waals surface area contributed by atoms with E-state index < -0.39 is 6.41 Å². The zero-order valence-electron chi connectivity index (χ0n) is 14.3. The van der Waals surface area contributed by atoms with Crippen molar-refractivity contribution in [3.63, 3.8) is 0 Å². The molecule has 0 aliphatic rings. The number of aromatic amines is 2. The number of anilines is 1. The Kier molecular flexibility index (Phi) is 4.53. The first-order valence-corrected chi connectivity index (χ1v) is 8.67. The van der Waals surface area contributed by atoms with E-state index in [1.807, 2.05) is 18.2 Å². The topological polar surface area (TPSA) is 116 Å². The number of H-pyrrole nitrogens is 2. The summed E-state index contributed by atoms with van der Waals surface area (Å²) in [5.74, 6) is 0.380. The van der Waals surface area contributed by atoms with Crippen LogP contribution in [0.2, 0.25) is 5.02 Å². The summed E-state index contributed by atoms with van der Waals surface area (Å²) >= 11 is 6.10. The van der Waals surface area contributed by atoms with Gasteiger partial charge < -0.3 is 20.1 Å². The standard InChI is InChI=1S/C18H16ClN5O3/c1-2-27-18(26)22-17-20-13-6-3-9(7-14(13)21-17)15-12-8-10(19)4-5-11(12)16(25)24-23-15/h3-8,18,26H,2H2,1H3,(H,24,25)(H2,20,21,22). The Morgan fingerprint density at radius 3 is 2.93 bits per heavy atom. The molecule has 8 nitrogen and oxygen atoms in total. The van der Waals surface area contributed by atoms with Crippen molar-refractivity contribution in [3.05, 3.63) is 51.8 Å². The molecule has 4 N–H and O–H groups in total. The van der Waals surface area contributed by atoms with E-state index >= 15 is 0 Å². The highest BCUT2D eigenvalue weighted by Crippen LogP contribution is 2.29. The van der Waals surface area contributed by atoms with E-state index in [1.165, 1.54) is 0 Å². The molecule has 2 aromatic carbocycles. The number of aromatic nitrogens is 4. The molecular weight excluding hydrogens is 370 g/mol. The molecule has 9 heteroatoms. The predicted molar refractivity (Wildman–Crippen MR) is 104 cm³/mol. The summed E-state index contributed by atoms with van der Waals surface area (Å²) in [6.45, 7) is 2.15. The minimum Gasteiger partial charge on any atom is -0.351 e. The number of hydrogen-bond donors (Lipinski definition) is 4. The van der Waals surface area contributed by atoms with Crippen LogP contribution in [0.4, 0.5) is 5.95 Å². The molecule has 0 saturated carbocycles. The van der Waals surface area contributed by atoms with Gasteiger partial charge >= 0.3 is 0 Å². The van der Waals surface area contributed by atoms with Crippen molar-refractivity contribution in [1.29, 1.82) is 0 Å². The van der Waals surface area contributed by atoms with Crippen LogP contribution < -0.4 is 10.9 Å². The summed E-state index contributed by atoms with van der Waals surface area (Å²) in [4.78, 5) is 19.5. The van der Waals surface area contributed by atoms with Crippen molar-refractivity contribution < 1.29 is 9.84 Å². The Labute approximate surface area is 158 Å². The second-order valence-electron chi connectivity index (χ2n) is 5.86. The van der Waals surface area contributed by atoms with Gasteiger partial charge in [-0.15, -0.1) is 0 Å². The summed E-state index contributed by atoms with van der Waals surface area (Å²) in [6.07, 6.45) is -1.15. The fraction of sp³-hybridized carbons (Fsp3) is 0.167. The van der Waals surface area contributed by atoms with E-state index in [1.54, 1.807) is 25.1 Å². The maximum Gasteiger partial charge on any atom is 0.272 e. The van der Waals surface area contributed by atoms with Crippen LogP contribution in [0.15, 0.2) is 41.2 Å². The molecule has 2 heterocycles. The summed E-state index contributed by atoms with van der Waals surface area (Å²) in [5, 5.41) is 20.8. The van der Waals surface area contributed by atoms with Crippen molar-refractivity contribution in [1.82, 2.24) is 20.2 Å². The monoisotopic (exact) mass is 385 g/mol. The van der Waals surface area contributed by atoms with E-state index in [0.29, 0.717) is 39.6 Å². The van der Waals surface area contributed by atoms with Crippen LogP contribution in [-0.4, -0.2) is 38.3 Å². The second-order valence-corrected chi connectivity index (χ2v) is 6.30. The maximum absolute atomic E-state index is 12.0. The highest BCUT2D eigenvalue weighted by atomic mass is 35.5.